The van der Waals surface area contributed by atoms with Crippen LogP contribution in [0.4, 0.5) is 0 Å². The van der Waals surface area contributed by atoms with Crippen molar-refractivity contribution >= 4 is 5.91 Å². The van der Waals surface area contributed by atoms with Gasteiger partial charge in [0.2, 0.25) is 0 Å². The molecule has 33 heavy (non-hydrogen) atoms. The van der Waals surface area contributed by atoms with Gasteiger partial charge in [0.15, 0.2) is 11.5 Å². The topological polar surface area (TPSA) is 85.8 Å². The lowest BCUT2D eigenvalue weighted by Gasteiger charge is -2.04. The third-order valence-electron chi connectivity index (χ3n) is 5.20. The van der Waals surface area contributed by atoms with Crippen molar-refractivity contribution in [3.8, 4) is 22.6 Å². The van der Waals surface area contributed by atoms with Gasteiger partial charge in [0.05, 0.1) is 12.2 Å². The van der Waals surface area contributed by atoms with E-state index in [1.54, 1.807) is 24.5 Å². The van der Waals surface area contributed by atoms with Crippen LogP contribution in [0.2, 0.25) is 0 Å². The maximum absolute atomic E-state index is 12.7. The van der Waals surface area contributed by atoms with Crippen LogP contribution >= 0.6 is 0 Å². The molecule has 0 spiro atoms. The molecule has 1 amide bonds. The van der Waals surface area contributed by atoms with E-state index in [1.807, 2.05) is 65.5 Å². The van der Waals surface area contributed by atoms with Crippen molar-refractivity contribution in [2.75, 3.05) is 0 Å². The second kappa shape index (κ2) is 9.32. The molecule has 0 atom stereocenters. The lowest BCUT2D eigenvalue weighted by atomic mass is 10.1. The fourth-order valence-corrected chi connectivity index (χ4v) is 3.58. The van der Waals surface area contributed by atoms with Gasteiger partial charge in [-0.05, 0) is 17.7 Å². The first kappa shape index (κ1) is 20.4. The van der Waals surface area contributed by atoms with E-state index in [2.05, 4.69) is 27.6 Å². The number of pyridine rings is 1. The second-order valence-corrected chi connectivity index (χ2v) is 7.55. The minimum atomic E-state index is -0.316. The zero-order valence-electron chi connectivity index (χ0n) is 17.8. The molecule has 2 aromatic carbocycles. The van der Waals surface area contributed by atoms with Crippen LogP contribution in [0.1, 0.15) is 21.6 Å². The lowest BCUT2D eigenvalue weighted by Crippen LogP contribution is -2.23. The molecule has 3 aromatic heterocycles. The predicted octanol–water partition coefficient (Wildman–Crippen LogP) is 4.58. The normalized spacial score (nSPS) is 10.8. The van der Waals surface area contributed by atoms with Crippen LogP contribution in [0.25, 0.3) is 22.6 Å². The van der Waals surface area contributed by atoms with Gasteiger partial charge in [0.1, 0.15) is 0 Å². The summed E-state index contributed by atoms with van der Waals surface area (Å²) in [6.07, 6.45) is 5.31. The average Bonchev–Trinajstić information content (AvgIpc) is 3.52. The Balaban J connectivity index is 1.35. The number of amides is 1. The Morgan fingerprint density at radius 3 is 2.45 bits per heavy atom. The predicted molar refractivity (Wildman–Crippen MR) is 124 cm³/mol. The molecule has 162 valence electrons. The van der Waals surface area contributed by atoms with E-state index in [0.29, 0.717) is 18.8 Å². The van der Waals surface area contributed by atoms with Gasteiger partial charge in [0.25, 0.3) is 5.91 Å². The molecule has 7 heteroatoms. The summed E-state index contributed by atoms with van der Waals surface area (Å²) in [5.41, 5.74) is 4.88. The molecule has 0 aliphatic carbocycles. The Kier molecular flexibility index (Phi) is 5.75. The smallest absolute Gasteiger partial charge is 0.273 e. The fraction of sp³-hybridized carbons (Fsp3) is 0.0769. The summed E-state index contributed by atoms with van der Waals surface area (Å²) in [4.78, 5) is 16.8. The molecule has 0 fully saturated rings. The molecule has 0 saturated carbocycles. The Labute approximate surface area is 190 Å². The van der Waals surface area contributed by atoms with E-state index >= 15 is 0 Å². The summed E-state index contributed by atoms with van der Waals surface area (Å²) in [5, 5.41) is 11.6. The van der Waals surface area contributed by atoms with Crippen molar-refractivity contribution in [1.29, 1.82) is 0 Å². The monoisotopic (exact) mass is 435 g/mol. The van der Waals surface area contributed by atoms with Crippen molar-refractivity contribution in [2.24, 2.45) is 0 Å². The van der Waals surface area contributed by atoms with Crippen LogP contribution in [0.15, 0.2) is 102 Å². The standard InChI is InChI=1S/C26H21N5O2/c32-26(23-14-24(33-30-23)21-12-7-13-27-15-21)28-16-22-18-31(17-19-8-3-1-4-9-19)29-25(22)20-10-5-2-6-11-20/h1-15,18H,16-17H2,(H,28,32). The van der Waals surface area contributed by atoms with Gasteiger partial charge in [-0.15, -0.1) is 0 Å². The minimum absolute atomic E-state index is 0.215. The van der Waals surface area contributed by atoms with E-state index in [0.717, 1.165) is 27.9 Å². The number of hydrogen-bond donors (Lipinski definition) is 1. The minimum Gasteiger partial charge on any atom is -0.355 e. The van der Waals surface area contributed by atoms with Crippen molar-refractivity contribution in [1.82, 2.24) is 25.2 Å². The van der Waals surface area contributed by atoms with E-state index < -0.39 is 0 Å². The summed E-state index contributed by atoms with van der Waals surface area (Å²) in [6, 6.07) is 25.4. The van der Waals surface area contributed by atoms with Gasteiger partial charge in [-0.3, -0.25) is 14.5 Å². The fourth-order valence-electron chi connectivity index (χ4n) is 3.58. The van der Waals surface area contributed by atoms with Crippen molar-refractivity contribution in [2.45, 2.75) is 13.1 Å². The highest BCUT2D eigenvalue weighted by Crippen LogP contribution is 2.23. The first-order chi connectivity index (χ1) is 16.3. The number of carbonyl (C=O) groups is 1. The second-order valence-electron chi connectivity index (χ2n) is 7.55. The summed E-state index contributed by atoms with van der Waals surface area (Å²) in [6.45, 7) is 0.958. The molecular formula is C26H21N5O2. The summed E-state index contributed by atoms with van der Waals surface area (Å²) >= 11 is 0. The highest BCUT2D eigenvalue weighted by molar-refractivity contribution is 5.93. The Bertz CT molecular complexity index is 1350. The number of benzene rings is 2. The number of hydrogen-bond acceptors (Lipinski definition) is 5. The van der Waals surface area contributed by atoms with Crippen molar-refractivity contribution < 1.29 is 9.32 Å². The highest BCUT2D eigenvalue weighted by atomic mass is 16.5. The Hall–Kier alpha value is -4.52. The average molecular weight is 435 g/mol. The van der Waals surface area contributed by atoms with Crippen LogP contribution in [-0.4, -0.2) is 25.8 Å². The van der Waals surface area contributed by atoms with Crippen LogP contribution in [0, 0.1) is 0 Å². The van der Waals surface area contributed by atoms with Crippen LogP contribution in [-0.2, 0) is 13.1 Å². The van der Waals surface area contributed by atoms with Crippen LogP contribution < -0.4 is 5.32 Å². The van der Waals surface area contributed by atoms with Gasteiger partial charge >= 0.3 is 0 Å². The van der Waals surface area contributed by atoms with Gasteiger partial charge in [-0.25, -0.2) is 0 Å². The molecule has 0 aliphatic heterocycles. The van der Waals surface area contributed by atoms with Gasteiger partial charge in [0, 0.05) is 47.9 Å². The summed E-state index contributed by atoms with van der Waals surface area (Å²) in [7, 11) is 0. The molecular weight excluding hydrogens is 414 g/mol. The largest absolute Gasteiger partial charge is 0.355 e. The van der Waals surface area contributed by atoms with Gasteiger partial charge in [-0.2, -0.15) is 5.10 Å². The number of aromatic nitrogens is 4. The Morgan fingerprint density at radius 2 is 1.70 bits per heavy atom. The highest BCUT2D eigenvalue weighted by Gasteiger charge is 2.16. The molecule has 0 aliphatic rings. The summed E-state index contributed by atoms with van der Waals surface area (Å²) in [5.74, 6) is 0.178. The molecule has 0 unspecified atom stereocenters. The maximum atomic E-state index is 12.7. The van der Waals surface area contributed by atoms with Crippen LogP contribution in [0.5, 0.6) is 0 Å². The number of nitrogens with one attached hydrogen (secondary N) is 1. The van der Waals surface area contributed by atoms with E-state index in [1.165, 1.54) is 0 Å². The zero-order valence-corrected chi connectivity index (χ0v) is 17.8. The summed E-state index contributed by atoms with van der Waals surface area (Å²) < 4.78 is 7.22. The van der Waals surface area contributed by atoms with Gasteiger partial charge < -0.3 is 9.84 Å². The quantitative estimate of drug-likeness (QED) is 0.404. The first-order valence-corrected chi connectivity index (χ1v) is 10.6. The van der Waals surface area contributed by atoms with Crippen LogP contribution in [0.3, 0.4) is 0 Å². The number of carbonyl (C=O) groups excluding carboxylic acids is 1. The Morgan fingerprint density at radius 1 is 0.939 bits per heavy atom. The maximum Gasteiger partial charge on any atom is 0.273 e. The number of rotatable bonds is 7. The molecule has 0 saturated heterocycles. The van der Waals surface area contributed by atoms with Gasteiger partial charge in [-0.1, -0.05) is 65.8 Å². The molecule has 5 rings (SSSR count). The first-order valence-electron chi connectivity index (χ1n) is 10.6. The SMILES string of the molecule is O=C(NCc1cn(Cc2ccccc2)nc1-c1ccccc1)c1cc(-c2cccnc2)on1. The molecule has 5 aromatic rings. The van der Waals surface area contributed by atoms with E-state index in [9.17, 15) is 4.79 Å². The van der Waals surface area contributed by atoms with Crippen molar-refractivity contribution in [3.63, 3.8) is 0 Å². The van der Waals surface area contributed by atoms with Crippen molar-refractivity contribution in [3.05, 3.63) is 114 Å². The molecule has 7 nitrogen and oxygen atoms in total. The van der Waals surface area contributed by atoms with E-state index in [-0.39, 0.29) is 11.6 Å². The third-order valence-corrected chi connectivity index (χ3v) is 5.20. The molecule has 3 heterocycles. The third kappa shape index (κ3) is 4.72. The zero-order chi connectivity index (χ0) is 22.5. The van der Waals surface area contributed by atoms with E-state index in [4.69, 9.17) is 9.62 Å². The molecule has 0 radical (unpaired) electrons. The molecule has 0 bridgehead atoms. The number of nitrogens with zero attached hydrogens (tertiary/aromatic N) is 4. The lowest BCUT2D eigenvalue weighted by molar-refractivity contribution is 0.0942. The molecule has 1 N–H and O–H groups in total.